The van der Waals surface area contributed by atoms with E-state index in [1.807, 2.05) is 0 Å². The van der Waals surface area contributed by atoms with Crippen molar-refractivity contribution in [1.29, 1.82) is 0 Å². The van der Waals surface area contributed by atoms with Gasteiger partial charge in [-0.2, -0.15) is 30.8 Å². The van der Waals surface area contributed by atoms with Gasteiger partial charge in [-0.1, -0.05) is 12.7 Å². The van der Waals surface area contributed by atoms with Crippen molar-refractivity contribution in [2.24, 2.45) is 0 Å². The molecule has 0 saturated heterocycles. The number of ether oxygens (including phenoxy) is 1. The van der Waals surface area contributed by atoms with Crippen LogP contribution in [0, 0.1) is 0 Å². The van der Waals surface area contributed by atoms with E-state index in [1.54, 1.807) is 0 Å². The van der Waals surface area contributed by atoms with Crippen LogP contribution in [-0.4, -0.2) is 29.7 Å². The van der Waals surface area contributed by atoms with E-state index in [0.29, 0.717) is 6.20 Å². The molecule has 5 nitrogen and oxygen atoms in total. The number of aromatic nitrogens is 2. The Morgan fingerprint density at radius 1 is 1.56 bits per heavy atom. The standard InChI is InChI=1S/C7H7F3N2O3S/c1-2-3-15-6-4-11-12(5-6)16(13,14)7(8,9)10/h2,4-5H,1,3H2. The maximum atomic E-state index is 12.1. The molecular formula is C7H7F3N2O3S. The van der Waals surface area contributed by atoms with Crippen LogP contribution in [0.15, 0.2) is 25.0 Å². The molecule has 0 aliphatic carbocycles. The Morgan fingerprint density at radius 3 is 2.69 bits per heavy atom. The molecule has 1 rings (SSSR count). The van der Waals surface area contributed by atoms with Crippen LogP contribution in [0.2, 0.25) is 0 Å². The van der Waals surface area contributed by atoms with E-state index in [2.05, 4.69) is 11.7 Å². The first-order valence-corrected chi connectivity index (χ1v) is 5.33. The fourth-order valence-electron chi connectivity index (χ4n) is 0.757. The maximum Gasteiger partial charge on any atom is 0.518 e. The predicted molar refractivity (Wildman–Crippen MR) is 48.3 cm³/mol. The molecule has 0 N–H and O–H groups in total. The fraction of sp³-hybridized carbons (Fsp3) is 0.286. The molecule has 0 fully saturated rings. The van der Waals surface area contributed by atoms with Crippen molar-refractivity contribution in [2.45, 2.75) is 5.51 Å². The first-order valence-electron chi connectivity index (χ1n) is 3.89. The minimum atomic E-state index is -5.48. The molecule has 1 aromatic rings. The van der Waals surface area contributed by atoms with Gasteiger partial charge < -0.3 is 4.74 Å². The number of hydrogen-bond acceptors (Lipinski definition) is 4. The Kier molecular flexibility index (Phi) is 3.27. The molecule has 0 aromatic carbocycles. The zero-order valence-corrected chi connectivity index (χ0v) is 8.62. The van der Waals surface area contributed by atoms with Crippen LogP contribution in [0.1, 0.15) is 0 Å². The predicted octanol–water partition coefficient (Wildman–Crippen LogP) is 1.15. The van der Waals surface area contributed by atoms with Gasteiger partial charge in [0.2, 0.25) is 0 Å². The van der Waals surface area contributed by atoms with Crippen LogP contribution in [0.25, 0.3) is 0 Å². The number of nitrogens with zero attached hydrogens (tertiary/aromatic N) is 2. The second-order valence-corrected chi connectivity index (χ2v) is 4.39. The molecule has 0 aliphatic rings. The highest BCUT2D eigenvalue weighted by Gasteiger charge is 2.48. The van der Waals surface area contributed by atoms with Gasteiger partial charge in [0.05, 0.1) is 12.4 Å². The summed E-state index contributed by atoms with van der Waals surface area (Å²) in [6, 6.07) is 0. The summed E-state index contributed by atoms with van der Waals surface area (Å²) in [4.78, 5) is 0. The van der Waals surface area contributed by atoms with Crippen LogP contribution in [0.4, 0.5) is 13.2 Å². The van der Waals surface area contributed by atoms with Gasteiger partial charge >= 0.3 is 15.5 Å². The number of halogens is 3. The molecule has 9 heteroatoms. The van der Waals surface area contributed by atoms with E-state index in [0.717, 1.165) is 6.20 Å². The first kappa shape index (κ1) is 12.6. The smallest absolute Gasteiger partial charge is 0.486 e. The summed E-state index contributed by atoms with van der Waals surface area (Å²) in [7, 11) is -5.48. The average molecular weight is 256 g/mol. The summed E-state index contributed by atoms with van der Waals surface area (Å²) in [6.45, 7) is 3.36. The first-order chi connectivity index (χ1) is 7.29. The van der Waals surface area contributed by atoms with Crippen molar-refractivity contribution in [2.75, 3.05) is 6.61 Å². The second kappa shape index (κ2) is 4.16. The van der Waals surface area contributed by atoms with Crippen LogP contribution in [-0.2, 0) is 10.0 Å². The van der Waals surface area contributed by atoms with Crippen molar-refractivity contribution >= 4 is 10.0 Å². The monoisotopic (exact) mass is 256 g/mol. The third-order valence-electron chi connectivity index (χ3n) is 1.44. The minimum Gasteiger partial charge on any atom is -0.486 e. The van der Waals surface area contributed by atoms with Crippen molar-refractivity contribution in [3.8, 4) is 5.75 Å². The van der Waals surface area contributed by atoms with Gasteiger partial charge in [-0.15, -0.1) is 0 Å². The Balaban J connectivity index is 2.98. The van der Waals surface area contributed by atoms with Crippen molar-refractivity contribution in [1.82, 2.24) is 9.19 Å². The normalized spacial score (nSPS) is 12.4. The molecule has 90 valence electrons. The Labute approximate surface area is 89.2 Å². The zero-order chi connectivity index (χ0) is 12.4. The Bertz CT molecular complexity index is 477. The summed E-state index contributed by atoms with van der Waals surface area (Å²) < 4.78 is 62.5. The van der Waals surface area contributed by atoms with Crippen LogP contribution in [0.3, 0.4) is 0 Å². The summed E-state index contributed by atoms with van der Waals surface area (Å²) >= 11 is 0. The van der Waals surface area contributed by atoms with Crippen LogP contribution in [0.5, 0.6) is 5.75 Å². The zero-order valence-electron chi connectivity index (χ0n) is 7.81. The summed E-state index contributed by atoms with van der Waals surface area (Å²) in [5.74, 6) is -0.0901. The van der Waals surface area contributed by atoms with Gasteiger partial charge in [0.25, 0.3) is 0 Å². The van der Waals surface area contributed by atoms with E-state index >= 15 is 0 Å². The van der Waals surface area contributed by atoms with E-state index in [4.69, 9.17) is 4.74 Å². The number of rotatable bonds is 4. The molecule has 0 atom stereocenters. The third-order valence-corrected chi connectivity index (χ3v) is 2.72. The molecule has 0 aliphatic heterocycles. The molecule has 0 unspecified atom stereocenters. The minimum absolute atomic E-state index is 0.0394. The molecule has 0 amide bonds. The summed E-state index contributed by atoms with van der Waals surface area (Å²) in [5, 5.41) is 3.06. The number of hydrogen-bond donors (Lipinski definition) is 0. The highest BCUT2D eigenvalue weighted by molar-refractivity contribution is 7.90. The van der Waals surface area contributed by atoms with Gasteiger partial charge in [0, 0.05) is 0 Å². The van der Waals surface area contributed by atoms with Crippen molar-refractivity contribution < 1.29 is 26.3 Å². The summed E-state index contributed by atoms with van der Waals surface area (Å²) in [6.07, 6.45) is 2.86. The molecule has 1 heterocycles. The van der Waals surface area contributed by atoms with E-state index in [1.165, 1.54) is 6.08 Å². The number of alkyl halides is 3. The molecule has 0 bridgehead atoms. The van der Waals surface area contributed by atoms with E-state index < -0.39 is 15.5 Å². The lowest BCUT2D eigenvalue weighted by Gasteiger charge is -2.06. The fourth-order valence-corrected chi connectivity index (χ4v) is 1.38. The molecular weight excluding hydrogens is 249 g/mol. The van der Waals surface area contributed by atoms with Crippen LogP contribution < -0.4 is 4.74 Å². The maximum absolute atomic E-state index is 12.1. The van der Waals surface area contributed by atoms with Gasteiger partial charge in [-0.3, -0.25) is 0 Å². The second-order valence-electron chi connectivity index (χ2n) is 2.60. The molecule has 0 saturated carbocycles. The quantitative estimate of drug-likeness (QED) is 0.758. The third kappa shape index (κ3) is 2.35. The SMILES string of the molecule is C=CCOc1cnn(S(=O)(=O)C(F)(F)F)c1. The topological polar surface area (TPSA) is 61.2 Å². The van der Waals surface area contributed by atoms with Gasteiger partial charge in [-0.05, 0) is 0 Å². The Morgan fingerprint density at radius 2 is 2.19 bits per heavy atom. The molecule has 0 radical (unpaired) electrons. The lowest BCUT2D eigenvalue weighted by Crippen LogP contribution is -2.30. The van der Waals surface area contributed by atoms with Gasteiger partial charge in [-0.25, -0.2) is 0 Å². The molecule has 16 heavy (non-hydrogen) atoms. The summed E-state index contributed by atoms with van der Waals surface area (Å²) in [5.41, 5.74) is -5.39. The molecule has 0 spiro atoms. The average Bonchev–Trinajstić information content (AvgIpc) is 2.61. The Hall–Kier alpha value is -1.51. The van der Waals surface area contributed by atoms with Gasteiger partial charge in [0.1, 0.15) is 6.61 Å². The van der Waals surface area contributed by atoms with Crippen LogP contribution >= 0.6 is 0 Å². The van der Waals surface area contributed by atoms with Gasteiger partial charge in [0.15, 0.2) is 5.75 Å². The largest absolute Gasteiger partial charge is 0.518 e. The lowest BCUT2D eigenvalue weighted by molar-refractivity contribution is -0.0449. The van der Waals surface area contributed by atoms with Crippen molar-refractivity contribution in [3.63, 3.8) is 0 Å². The van der Waals surface area contributed by atoms with E-state index in [-0.39, 0.29) is 16.4 Å². The highest BCUT2D eigenvalue weighted by atomic mass is 32.2. The van der Waals surface area contributed by atoms with E-state index in [9.17, 15) is 21.6 Å². The highest BCUT2D eigenvalue weighted by Crippen LogP contribution is 2.25. The lowest BCUT2D eigenvalue weighted by atomic mass is 10.6. The van der Waals surface area contributed by atoms with Crippen molar-refractivity contribution in [3.05, 3.63) is 25.0 Å². The molecule has 1 aromatic heterocycles.